The summed E-state index contributed by atoms with van der Waals surface area (Å²) in [6, 6.07) is 3.00. The smallest absolute Gasteiger partial charge is 0.338 e. The average molecular weight is 296 g/mol. The molecule has 0 saturated carbocycles. The van der Waals surface area contributed by atoms with E-state index < -0.39 is 23.4 Å². The molecule has 3 N–H and O–H groups in total. The second-order valence-corrected chi connectivity index (χ2v) is 5.47. The van der Waals surface area contributed by atoms with Crippen molar-refractivity contribution in [2.24, 2.45) is 5.92 Å². The van der Waals surface area contributed by atoms with Gasteiger partial charge in [0.2, 0.25) is 0 Å². The number of halogens is 1. The highest BCUT2D eigenvalue weighted by molar-refractivity contribution is 5.93. The van der Waals surface area contributed by atoms with Gasteiger partial charge in [-0.3, -0.25) is 0 Å². The zero-order chi connectivity index (χ0) is 16.0. The van der Waals surface area contributed by atoms with Crippen LogP contribution in [0.2, 0.25) is 0 Å². The number of carbonyl (C=O) groups is 2. The molecule has 21 heavy (non-hydrogen) atoms. The Hall–Kier alpha value is -2.11. The van der Waals surface area contributed by atoms with Crippen LogP contribution in [0, 0.1) is 11.7 Å². The molecule has 1 aromatic carbocycles. The lowest BCUT2D eigenvalue weighted by atomic mass is 10.0. The Bertz CT molecular complexity index is 518. The highest BCUT2D eigenvalue weighted by atomic mass is 19.1. The maximum Gasteiger partial charge on any atom is 0.338 e. The fourth-order valence-corrected chi connectivity index (χ4v) is 1.81. The molecule has 5 nitrogen and oxygen atoms in total. The Morgan fingerprint density at radius 2 is 1.90 bits per heavy atom. The standard InChI is InChI=1S/C15H21FN2O3/c1-9(2)4-5-10(3)17-15(21)18-11-6-7-13(16)12(8-11)14(19)20/h6-10H,4-5H2,1-3H3,(H,19,20)(H2,17,18,21). The highest BCUT2D eigenvalue weighted by Crippen LogP contribution is 2.15. The molecular formula is C15H21FN2O3. The van der Waals surface area contributed by atoms with Crippen LogP contribution in [0.3, 0.4) is 0 Å². The summed E-state index contributed by atoms with van der Waals surface area (Å²) in [7, 11) is 0. The third-order valence-corrected chi connectivity index (χ3v) is 3.01. The topological polar surface area (TPSA) is 78.4 Å². The van der Waals surface area contributed by atoms with E-state index in [9.17, 15) is 14.0 Å². The normalized spacial score (nSPS) is 12.0. The van der Waals surface area contributed by atoms with Crippen LogP contribution in [0.15, 0.2) is 18.2 Å². The van der Waals surface area contributed by atoms with Gasteiger partial charge in [0.15, 0.2) is 0 Å². The van der Waals surface area contributed by atoms with Gasteiger partial charge in [-0.05, 0) is 43.9 Å². The van der Waals surface area contributed by atoms with E-state index in [1.165, 1.54) is 6.07 Å². The predicted octanol–water partition coefficient (Wildman–Crippen LogP) is 3.47. The Labute approximate surface area is 123 Å². The van der Waals surface area contributed by atoms with Gasteiger partial charge >= 0.3 is 12.0 Å². The Morgan fingerprint density at radius 1 is 1.24 bits per heavy atom. The van der Waals surface area contributed by atoms with E-state index in [2.05, 4.69) is 24.5 Å². The number of benzene rings is 1. The fourth-order valence-electron chi connectivity index (χ4n) is 1.81. The molecule has 0 aliphatic heterocycles. The van der Waals surface area contributed by atoms with Crippen LogP contribution in [0.4, 0.5) is 14.9 Å². The van der Waals surface area contributed by atoms with Crippen LogP contribution in [-0.2, 0) is 0 Å². The minimum Gasteiger partial charge on any atom is -0.478 e. The molecule has 0 saturated heterocycles. The number of carboxylic acids is 1. The number of hydrogen-bond acceptors (Lipinski definition) is 2. The molecule has 1 rings (SSSR count). The summed E-state index contributed by atoms with van der Waals surface area (Å²) in [6.45, 7) is 6.12. The summed E-state index contributed by atoms with van der Waals surface area (Å²) < 4.78 is 13.2. The third kappa shape index (κ3) is 5.81. The molecular weight excluding hydrogens is 275 g/mol. The van der Waals surface area contributed by atoms with Crippen molar-refractivity contribution >= 4 is 17.7 Å². The van der Waals surface area contributed by atoms with E-state index >= 15 is 0 Å². The van der Waals surface area contributed by atoms with Crippen molar-refractivity contribution in [2.45, 2.75) is 39.7 Å². The average Bonchev–Trinajstić information content (AvgIpc) is 2.38. The molecule has 0 heterocycles. The van der Waals surface area contributed by atoms with Gasteiger partial charge in [0.25, 0.3) is 0 Å². The van der Waals surface area contributed by atoms with Crippen LogP contribution in [-0.4, -0.2) is 23.1 Å². The van der Waals surface area contributed by atoms with E-state index in [0.29, 0.717) is 5.92 Å². The summed E-state index contributed by atoms with van der Waals surface area (Å²) in [5.41, 5.74) is -0.233. The van der Waals surface area contributed by atoms with Crippen molar-refractivity contribution in [3.05, 3.63) is 29.6 Å². The lowest BCUT2D eigenvalue weighted by Gasteiger charge is -2.16. The molecule has 6 heteroatoms. The van der Waals surface area contributed by atoms with Gasteiger partial charge in [-0.2, -0.15) is 0 Å². The van der Waals surface area contributed by atoms with Gasteiger partial charge in [-0.25, -0.2) is 14.0 Å². The van der Waals surface area contributed by atoms with Crippen LogP contribution in [0.25, 0.3) is 0 Å². The largest absolute Gasteiger partial charge is 0.478 e. The van der Waals surface area contributed by atoms with Crippen LogP contribution < -0.4 is 10.6 Å². The van der Waals surface area contributed by atoms with E-state index in [0.717, 1.165) is 25.0 Å². The number of carboxylic acid groups (broad SMARTS) is 1. The van der Waals surface area contributed by atoms with Gasteiger partial charge in [0.1, 0.15) is 5.82 Å². The molecule has 0 aromatic heterocycles. The van der Waals surface area contributed by atoms with Crippen molar-refractivity contribution in [1.29, 1.82) is 0 Å². The zero-order valence-corrected chi connectivity index (χ0v) is 12.4. The molecule has 0 fully saturated rings. The van der Waals surface area contributed by atoms with E-state index in [4.69, 9.17) is 5.11 Å². The maximum absolute atomic E-state index is 13.2. The minimum atomic E-state index is -1.37. The predicted molar refractivity (Wildman–Crippen MR) is 79.0 cm³/mol. The first-order chi connectivity index (χ1) is 9.79. The van der Waals surface area contributed by atoms with Crippen molar-refractivity contribution < 1.29 is 19.1 Å². The van der Waals surface area contributed by atoms with Crippen molar-refractivity contribution in [3.63, 3.8) is 0 Å². The second kappa shape index (κ2) is 7.61. The molecule has 2 amide bonds. The monoisotopic (exact) mass is 296 g/mol. The van der Waals surface area contributed by atoms with Gasteiger partial charge < -0.3 is 15.7 Å². The second-order valence-electron chi connectivity index (χ2n) is 5.47. The number of carbonyl (C=O) groups excluding carboxylic acids is 1. The highest BCUT2D eigenvalue weighted by Gasteiger charge is 2.13. The Balaban J connectivity index is 2.59. The molecule has 0 aliphatic rings. The summed E-state index contributed by atoms with van der Waals surface area (Å²) in [5, 5.41) is 14.1. The summed E-state index contributed by atoms with van der Waals surface area (Å²) in [5.74, 6) is -1.65. The lowest BCUT2D eigenvalue weighted by molar-refractivity contribution is 0.0692. The van der Waals surface area contributed by atoms with E-state index in [1.54, 1.807) is 0 Å². The summed E-state index contributed by atoms with van der Waals surface area (Å²) >= 11 is 0. The zero-order valence-electron chi connectivity index (χ0n) is 12.4. The van der Waals surface area contributed by atoms with Crippen LogP contribution >= 0.6 is 0 Å². The molecule has 0 aliphatic carbocycles. The SMILES string of the molecule is CC(C)CCC(C)NC(=O)Nc1ccc(F)c(C(=O)O)c1. The van der Waals surface area contributed by atoms with Crippen LogP contribution in [0.1, 0.15) is 44.0 Å². The van der Waals surface area contributed by atoms with E-state index in [-0.39, 0.29) is 11.7 Å². The minimum absolute atomic E-state index is 0.00629. The number of hydrogen-bond donors (Lipinski definition) is 3. The molecule has 1 atom stereocenters. The lowest BCUT2D eigenvalue weighted by Crippen LogP contribution is -2.36. The number of anilines is 1. The first kappa shape index (κ1) is 16.9. The molecule has 0 bridgehead atoms. The van der Waals surface area contributed by atoms with E-state index in [1.807, 2.05) is 6.92 Å². The van der Waals surface area contributed by atoms with Gasteiger partial charge in [0, 0.05) is 11.7 Å². The molecule has 0 spiro atoms. The maximum atomic E-state index is 13.2. The molecule has 116 valence electrons. The number of rotatable bonds is 6. The molecule has 1 aromatic rings. The first-order valence-corrected chi connectivity index (χ1v) is 6.90. The molecule has 0 radical (unpaired) electrons. The van der Waals surface area contributed by atoms with Crippen molar-refractivity contribution in [1.82, 2.24) is 5.32 Å². The first-order valence-electron chi connectivity index (χ1n) is 6.90. The Kier molecular flexibility index (Phi) is 6.14. The van der Waals surface area contributed by atoms with Gasteiger partial charge in [-0.15, -0.1) is 0 Å². The van der Waals surface area contributed by atoms with Crippen molar-refractivity contribution in [2.75, 3.05) is 5.32 Å². The van der Waals surface area contributed by atoms with Crippen LogP contribution in [0.5, 0.6) is 0 Å². The third-order valence-electron chi connectivity index (χ3n) is 3.01. The summed E-state index contributed by atoms with van der Waals surface area (Å²) in [6.07, 6.45) is 1.86. The summed E-state index contributed by atoms with van der Waals surface area (Å²) in [4.78, 5) is 22.6. The fraction of sp³-hybridized carbons (Fsp3) is 0.467. The number of nitrogens with one attached hydrogen (secondary N) is 2. The Morgan fingerprint density at radius 3 is 2.48 bits per heavy atom. The quantitative estimate of drug-likeness (QED) is 0.752. The van der Waals surface area contributed by atoms with Gasteiger partial charge in [-0.1, -0.05) is 13.8 Å². The number of amides is 2. The number of aromatic carboxylic acids is 1. The van der Waals surface area contributed by atoms with Crippen molar-refractivity contribution in [3.8, 4) is 0 Å². The number of urea groups is 1. The molecule has 1 unspecified atom stereocenters. The van der Waals surface area contributed by atoms with Gasteiger partial charge in [0.05, 0.1) is 5.56 Å².